The van der Waals surface area contributed by atoms with E-state index in [0.717, 1.165) is 29.8 Å². The monoisotopic (exact) mass is 318 g/mol. The van der Waals surface area contributed by atoms with Gasteiger partial charge in [-0.1, -0.05) is 30.3 Å². The van der Waals surface area contributed by atoms with Gasteiger partial charge in [-0.15, -0.1) is 0 Å². The topological polar surface area (TPSA) is 55.0 Å². The van der Waals surface area contributed by atoms with Gasteiger partial charge in [0.05, 0.1) is 12.2 Å². The first kappa shape index (κ1) is 12.4. The average molecular weight is 319 g/mol. The van der Waals surface area contributed by atoms with Crippen molar-refractivity contribution in [1.82, 2.24) is 9.97 Å². The molecule has 0 spiro atoms. The molecule has 3 rings (SSSR count). The zero-order valence-electron chi connectivity index (χ0n) is 10.5. The van der Waals surface area contributed by atoms with Crippen molar-refractivity contribution in [2.75, 3.05) is 17.2 Å². The van der Waals surface area contributed by atoms with E-state index in [1.165, 1.54) is 5.56 Å². The van der Waals surface area contributed by atoms with Crippen LogP contribution in [0.2, 0.25) is 0 Å². The van der Waals surface area contributed by atoms with Gasteiger partial charge in [0.1, 0.15) is 4.60 Å². The molecule has 98 valence electrons. The molecule has 0 radical (unpaired) electrons. The fourth-order valence-electron chi connectivity index (χ4n) is 2.62. The first-order valence-electron chi connectivity index (χ1n) is 6.35. The lowest BCUT2D eigenvalue weighted by Crippen LogP contribution is -2.25. The standard InChI is InChI=1S/C14H15BrN4/c15-12-9-17-13(16)14(18-12)19-8-4-7-11(19)10-5-2-1-3-6-10/h1-3,5-6,9,11H,4,7-8H2,(H2,16,17). The molecule has 1 unspecified atom stereocenters. The summed E-state index contributed by atoms with van der Waals surface area (Å²) in [7, 11) is 0. The zero-order valence-corrected chi connectivity index (χ0v) is 12.0. The van der Waals surface area contributed by atoms with Crippen molar-refractivity contribution >= 4 is 27.6 Å². The number of hydrogen-bond acceptors (Lipinski definition) is 4. The summed E-state index contributed by atoms with van der Waals surface area (Å²) < 4.78 is 0.718. The van der Waals surface area contributed by atoms with Gasteiger partial charge >= 0.3 is 0 Å². The van der Waals surface area contributed by atoms with Crippen LogP contribution in [0.15, 0.2) is 41.1 Å². The predicted molar refractivity (Wildman–Crippen MR) is 79.9 cm³/mol. The van der Waals surface area contributed by atoms with E-state index in [1.54, 1.807) is 6.20 Å². The second kappa shape index (κ2) is 5.17. The lowest BCUT2D eigenvalue weighted by molar-refractivity contribution is 0.710. The molecule has 4 nitrogen and oxygen atoms in total. The van der Waals surface area contributed by atoms with E-state index in [1.807, 2.05) is 6.07 Å². The van der Waals surface area contributed by atoms with Gasteiger partial charge < -0.3 is 10.6 Å². The Balaban J connectivity index is 1.97. The van der Waals surface area contributed by atoms with Crippen molar-refractivity contribution in [2.45, 2.75) is 18.9 Å². The van der Waals surface area contributed by atoms with Gasteiger partial charge in [0.2, 0.25) is 0 Å². The van der Waals surface area contributed by atoms with Gasteiger partial charge in [0, 0.05) is 6.54 Å². The molecule has 0 aliphatic carbocycles. The van der Waals surface area contributed by atoms with E-state index in [4.69, 9.17) is 5.73 Å². The van der Waals surface area contributed by atoms with E-state index >= 15 is 0 Å². The van der Waals surface area contributed by atoms with Gasteiger partial charge in [-0.2, -0.15) is 0 Å². The molecular weight excluding hydrogens is 304 g/mol. The second-order valence-corrected chi connectivity index (χ2v) is 5.48. The summed E-state index contributed by atoms with van der Waals surface area (Å²) in [5, 5.41) is 0. The van der Waals surface area contributed by atoms with Gasteiger partial charge in [-0.3, -0.25) is 0 Å². The third-order valence-electron chi connectivity index (χ3n) is 3.46. The van der Waals surface area contributed by atoms with Crippen LogP contribution in [0, 0.1) is 0 Å². The van der Waals surface area contributed by atoms with Gasteiger partial charge in [0.25, 0.3) is 0 Å². The summed E-state index contributed by atoms with van der Waals surface area (Å²) in [6, 6.07) is 10.8. The van der Waals surface area contributed by atoms with Crippen molar-refractivity contribution in [3.05, 3.63) is 46.7 Å². The number of aromatic nitrogens is 2. The third kappa shape index (κ3) is 2.42. The molecule has 0 saturated carbocycles. The number of nitrogen functional groups attached to an aromatic ring is 1. The van der Waals surface area contributed by atoms with E-state index in [0.29, 0.717) is 11.9 Å². The van der Waals surface area contributed by atoms with E-state index < -0.39 is 0 Å². The molecule has 19 heavy (non-hydrogen) atoms. The van der Waals surface area contributed by atoms with Crippen LogP contribution in [0.25, 0.3) is 0 Å². The Morgan fingerprint density at radius 3 is 2.84 bits per heavy atom. The molecule has 1 atom stereocenters. The van der Waals surface area contributed by atoms with Crippen molar-refractivity contribution < 1.29 is 0 Å². The number of halogens is 1. The molecule has 1 aliphatic heterocycles. The minimum atomic E-state index is 0.340. The number of rotatable bonds is 2. The summed E-state index contributed by atoms with van der Waals surface area (Å²) in [4.78, 5) is 10.9. The maximum Gasteiger partial charge on any atom is 0.173 e. The molecular formula is C14H15BrN4. The minimum absolute atomic E-state index is 0.340. The SMILES string of the molecule is Nc1ncc(Br)nc1N1CCCC1c1ccccc1. The number of nitrogens with zero attached hydrogens (tertiary/aromatic N) is 3. The first-order valence-corrected chi connectivity index (χ1v) is 7.14. The Morgan fingerprint density at radius 2 is 2.05 bits per heavy atom. The molecule has 5 heteroatoms. The molecule has 1 aromatic heterocycles. The van der Waals surface area contributed by atoms with Gasteiger partial charge in [-0.05, 0) is 34.3 Å². The van der Waals surface area contributed by atoms with Crippen LogP contribution < -0.4 is 10.6 Å². The Morgan fingerprint density at radius 1 is 1.26 bits per heavy atom. The number of hydrogen-bond donors (Lipinski definition) is 1. The van der Waals surface area contributed by atoms with Crippen LogP contribution >= 0.6 is 15.9 Å². The molecule has 2 heterocycles. The van der Waals surface area contributed by atoms with E-state index in [-0.39, 0.29) is 0 Å². The quantitative estimate of drug-likeness (QED) is 0.924. The highest BCUT2D eigenvalue weighted by Crippen LogP contribution is 2.37. The van der Waals surface area contributed by atoms with Crippen LogP contribution in [0.3, 0.4) is 0 Å². The smallest absolute Gasteiger partial charge is 0.173 e. The summed E-state index contributed by atoms with van der Waals surface area (Å²) in [5.74, 6) is 1.27. The molecule has 0 bridgehead atoms. The van der Waals surface area contributed by atoms with Crippen LogP contribution in [0.5, 0.6) is 0 Å². The normalized spacial score (nSPS) is 18.8. The lowest BCUT2D eigenvalue weighted by atomic mass is 10.0. The van der Waals surface area contributed by atoms with Crippen LogP contribution in [-0.4, -0.2) is 16.5 Å². The maximum atomic E-state index is 5.97. The fraction of sp³-hybridized carbons (Fsp3) is 0.286. The molecule has 1 saturated heterocycles. The minimum Gasteiger partial charge on any atom is -0.381 e. The zero-order chi connectivity index (χ0) is 13.2. The lowest BCUT2D eigenvalue weighted by Gasteiger charge is -2.26. The number of benzene rings is 1. The van der Waals surface area contributed by atoms with Gasteiger partial charge in [0.15, 0.2) is 11.6 Å². The van der Waals surface area contributed by atoms with Gasteiger partial charge in [-0.25, -0.2) is 9.97 Å². The fourth-order valence-corrected chi connectivity index (χ4v) is 2.89. The summed E-state index contributed by atoms with van der Waals surface area (Å²) in [6.45, 7) is 0.967. The van der Waals surface area contributed by atoms with Crippen molar-refractivity contribution in [3.63, 3.8) is 0 Å². The number of nitrogens with two attached hydrogens (primary N) is 1. The van der Waals surface area contributed by atoms with Crippen molar-refractivity contribution in [3.8, 4) is 0 Å². The summed E-state index contributed by atoms with van der Waals surface area (Å²) >= 11 is 3.36. The molecule has 0 amide bonds. The van der Waals surface area contributed by atoms with Crippen LogP contribution in [0.1, 0.15) is 24.4 Å². The van der Waals surface area contributed by atoms with E-state index in [9.17, 15) is 0 Å². The Labute approximate surface area is 120 Å². The summed E-state index contributed by atoms with van der Waals surface area (Å²) in [5.41, 5.74) is 7.28. The van der Waals surface area contributed by atoms with E-state index in [2.05, 4.69) is 55.1 Å². The number of anilines is 2. The van der Waals surface area contributed by atoms with Crippen molar-refractivity contribution in [2.24, 2.45) is 0 Å². The highest BCUT2D eigenvalue weighted by molar-refractivity contribution is 9.10. The highest BCUT2D eigenvalue weighted by atomic mass is 79.9. The maximum absolute atomic E-state index is 5.97. The molecule has 1 fully saturated rings. The molecule has 2 N–H and O–H groups in total. The average Bonchev–Trinajstić information content (AvgIpc) is 2.91. The van der Waals surface area contributed by atoms with Crippen LogP contribution in [-0.2, 0) is 0 Å². The Kier molecular flexibility index (Phi) is 3.38. The Bertz CT molecular complexity index is 573. The molecule has 1 aromatic carbocycles. The highest BCUT2D eigenvalue weighted by Gasteiger charge is 2.28. The Hall–Kier alpha value is -1.62. The first-order chi connectivity index (χ1) is 9.25. The van der Waals surface area contributed by atoms with Crippen molar-refractivity contribution in [1.29, 1.82) is 0 Å². The molecule has 2 aromatic rings. The predicted octanol–water partition coefficient (Wildman–Crippen LogP) is 3.16. The third-order valence-corrected chi connectivity index (χ3v) is 3.84. The largest absolute Gasteiger partial charge is 0.381 e. The van der Waals surface area contributed by atoms with Crippen LogP contribution in [0.4, 0.5) is 11.6 Å². The molecule has 1 aliphatic rings. The summed E-state index contributed by atoms with van der Waals surface area (Å²) in [6.07, 6.45) is 3.90. The second-order valence-electron chi connectivity index (χ2n) is 4.66.